The molecular weight excluding hydrogens is 293 g/mol. The maximum atomic E-state index is 12.1. The molecule has 0 aliphatic heterocycles. The predicted octanol–water partition coefficient (Wildman–Crippen LogP) is 4.25. The summed E-state index contributed by atoms with van der Waals surface area (Å²) in [7, 11) is 0. The van der Waals surface area contributed by atoms with Crippen molar-refractivity contribution in [3.8, 4) is 5.75 Å². The van der Waals surface area contributed by atoms with Crippen LogP contribution in [0.5, 0.6) is 5.75 Å². The van der Waals surface area contributed by atoms with Crippen molar-refractivity contribution in [3.63, 3.8) is 0 Å². The summed E-state index contributed by atoms with van der Waals surface area (Å²) in [6.45, 7) is 0.306. The Morgan fingerprint density at radius 3 is 2.70 bits per heavy atom. The van der Waals surface area contributed by atoms with E-state index in [1.807, 2.05) is 0 Å². The average Bonchev–Trinajstić information content (AvgIpc) is 2.36. The van der Waals surface area contributed by atoms with E-state index in [0.717, 1.165) is 0 Å². The lowest BCUT2D eigenvalue weighted by Gasteiger charge is -2.11. The fourth-order valence-corrected chi connectivity index (χ4v) is 1.75. The number of ether oxygens (including phenoxy) is 1. The van der Waals surface area contributed by atoms with Crippen molar-refractivity contribution in [1.29, 1.82) is 0 Å². The standard InChI is InChI=1S/C13H10ClF3N2O/c14-12-11(5-2-6-18-12)19-8-9-3-1-4-10(7-9)20-13(15,16)17/h1-7,19H,8H2. The Morgan fingerprint density at radius 2 is 2.00 bits per heavy atom. The molecule has 7 heteroatoms. The molecular formula is C13H10ClF3N2O. The first-order valence-corrected chi connectivity index (χ1v) is 6.01. The number of hydrogen-bond donors (Lipinski definition) is 1. The van der Waals surface area contributed by atoms with Crippen molar-refractivity contribution in [2.45, 2.75) is 12.9 Å². The van der Waals surface area contributed by atoms with Gasteiger partial charge in [-0.1, -0.05) is 23.7 Å². The molecule has 20 heavy (non-hydrogen) atoms. The average molecular weight is 303 g/mol. The Kier molecular flexibility index (Phi) is 4.34. The Hall–Kier alpha value is -1.95. The molecule has 0 bridgehead atoms. The van der Waals surface area contributed by atoms with Gasteiger partial charge in [0.2, 0.25) is 0 Å². The van der Waals surface area contributed by atoms with E-state index >= 15 is 0 Å². The highest BCUT2D eigenvalue weighted by molar-refractivity contribution is 6.31. The summed E-state index contributed by atoms with van der Waals surface area (Å²) >= 11 is 5.86. The van der Waals surface area contributed by atoms with Crippen LogP contribution in [0.1, 0.15) is 5.56 Å². The second-order valence-corrected chi connectivity index (χ2v) is 4.25. The van der Waals surface area contributed by atoms with Gasteiger partial charge in [0.1, 0.15) is 5.75 Å². The van der Waals surface area contributed by atoms with Gasteiger partial charge in [0.05, 0.1) is 5.69 Å². The maximum Gasteiger partial charge on any atom is 0.573 e. The van der Waals surface area contributed by atoms with Crippen molar-refractivity contribution in [3.05, 3.63) is 53.3 Å². The van der Waals surface area contributed by atoms with Gasteiger partial charge in [0.25, 0.3) is 0 Å². The topological polar surface area (TPSA) is 34.1 Å². The third-order valence-electron chi connectivity index (χ3n) is 2.37. The molecule has 1 heterocycles. The van der Waals surface area contributed by atoms with E-state index in [-0.39, 0.29) is 5.75 Å². The molecule has 0 radical (unpaired) electrons. The minimum Gasteiger partial charge on any atom is -0.406 e. The van der Waals surface area contributed by atoms with E-state index in [0.29, 0.717) is 22.9 Å². The monoisotopic (exact) mass is 302 g/mol. The smallest absolute Gasteiger partial charge is 0.406 e. The minimum absolute atomic E-state index is 0.255. The van der Waals surface area contributed by atoms with Crippen LogP contribution in [0.3, 0.4) is 0 Å². The predicted molar refractivity (Wildman–Crippen MR) is 69.7 cm³/mol. The van der Waals surface area contributed by atoms with Gasteiger partial charge >= 0.3 is 6.36 Å². The van der Waals surface area contributed by atoms with Gasteiger partial charge in [0.15, 0.2) is 5.15 Å². The molecule has 1 aromatic carbocycles. The number of benzene rings is 1. The quantitative estimate of drug-likeness (QED) is 0.858. The van der Waals surface area contributed by atoms with Crippen molar-refractivity contribution in [1.82, 2.24) is 4.98 Å². The molecule has 1 N–H and O–H groups in total. The molecule has 0 amide bonds. The number of nitrogens with one attached hydrogen (secondary N) is 1. The first-order valence-electron chi connectivity index (χ1n) is 5.63. The van der Waals surface area contributed by atoms with Crippen LogP contribution in [-0.2, 0) is 6.54 Å². The van der Waals surface area contributed by atoms with Crippen LogP contribution in [-0.4, -0.2) is 11.3 Å². The van der Waals surface area contributed by atoms with Gasteiger partial charge in [-0.3, -0.25) is 0 Å². The Labute approximate surface area is 118 Å². The zero-order valence-corrected chi connectivity index (χ0v) is 10.9. The maximum absolute atomic E-state index is 12.1. The Bertz CT molecular complexity index is 590. The second-order valence-electron chi connectivity index (χ2n) is 3.89. The summed E-state index contributed by atoms with van der Waals surface area (Å²) < 4.78 is 40.2. The molecule has 0 unspecified atom stereocenters. The van der Waals surface area contributed by atoms with Gasteiger partial charge in [-0.05, 0) is 29.8 Å². The molecule has 0 atom stereocenters. The lowest BCUT2D eigenvalue weighted by atomic mass is 10.2. The number of alkyl halides is 3. The molecule has 3 nitrogen and oxygen atoms in total. The SMILES string of the molecule is FC(F)(F)Oc1cccc(CNc2cccnc2Cl)c1. The van der Waals surface area contributed by atoms with Crippen LogP contribution in [0.2, 0.25) is 5.15 Å². The normalized spacial score (nSPS) is 11.2. The highest BCUT2D eigenvalue weighted by atomic mass is 35.5. The molecule has 0 aliphatic rings. The van der Waals surface area contributed by atoms with Crippen LogP contribution in [0.25, 0.3) is 0 Å². The fourth-order valence-electron chi connectivity index (χ4n) is 1.57. The number of aromatic nitrogens is 1. The first kappa shape index (κ1) is 14.5. The molecule has 0 aliphatic carbocycles. The number of nitrogens with zero attached hydrogens (tertiary/aromatic N) is 1. The minimum atomic E-state index is -4.70. The lowest BCUT2D eigenvalue weighted by molar-refractivity contribution is -0.274. The van der Waals surface area contributed by atoms with E-state index in [1.165, 1.54) is 18.2 Å². The molecule has 0 saturated heterocycles. The van der Waals surface area contributed by atoms with E-state index in [2.05, 4.69) is 15.0 Å². The zero-order valence-electron chi connectivity index (χ0n) is 10.1. The zero-order chi connectivity index (χ0) is 14.6. The molecule has 0 saturated carbocycles. The van der Waals surface area contributed by atoms with Gasteiger partial charge in [-0.15, -0.1) is 13.2 Å². The number of halogens is 4. The highest BCUT2D eigenvalue weighted by Gasteiger charge is 2.31. The fraction of sp³-hybridized carbons (Fsp3) is 0.154. The summed E-state index contributed by atoms with van der Waals surface area (Å²) in [5.41, 5.74) is 1.24. The molecule has 106 valence electrons. The van der Waals surface area contributed by atoms with Gasteiger partial charge in [-0.25, -0.2) is 4.98 Å². The van der Waals surface area contributed by atoms with Crippen LogP contribution in [0.4, 0.5) is 18.9 Å². The number of anilines is 1. The summed E-state index contributed by atoms with van der Waals surface area (Å²) in [4.78, 5) is 3.89. The third kappa shape index (κ3) is 4.31. The summed E-state index contributed by atoms with van der Waals surface area (Å²) in [6, 6.07) is 9.16. The Morgan fingerprint density at radius 1 is 1.20 bits per heavy atom. The summed E-state index contributed by atoms with van der Waals surface area (Å²) in [6.07, 6.45) is -3.15. The number of rotatable bonds is 4. The van der Waals surface area contributed by atoms with Crippen molar-refractivity contribution in [2.75, 3.05) is 5.32 Å². The van der Waals surface area contributed by atoms with Gasteiger partial charge < -0.3 is 10.1 Å². The molecule has 1 aromatic heterocycles. The first-order chi connectivity index (χ1) is 9.44. The van der Waals surface area contributed by atoms with E-state index in [4.69, 9.17) is 11.6 Å². The van der Waals surface area contributed by atoms with Crippen molar-refractivity contribution < 1.29 is 17.9 Å². The summed E-state index contributed by atoms with van der Waals surface area (Å²) in [5.74, 6) is -0.255. The van der Waals surface area contributed by atoms with E-state index in [1.54, 1.807) is 24.4 Å². The van der Waals surface area contributed by atoms with Crippen LogP contribution >= 0.6 is 11.6 Å². The summed E-state index contributed by atoms with van der Waals surface area (Å²) in [5, 5.41) is 3.29. The van der Waals surface area contributed by atoms with E-state index in [9.17, 15) is 13.2 Å². The largest absolute Gasteiger partial charge is 0.573 e. The van der Waals surface area contributed by atoms with Crippen LogP contribution in [0, 0.1) is 0 Å². The molecule has 0 spiro atoms. The molecule has 2 aromatic rings. The van der Waals surface area contributed by atoms with Crippen LogP contribution in [0.15, 0.2) is 42.6 Å². The van der Waals surface area contributed by atoms with Gasteiger partial charge in [-0.2, -0.15) is 0 Å². The molecule has 2 rings (SSSR count). The third-order valence-corrected chi connectivity index (χ3v) is 2.68. The van der Waals surface area contributed by atoms with Crippen molar-refractivity contribution in [2.24, 2.45) is 0 Å². The van der Waals surface area contributed by atoms with Crippen LogP contribution < -0.4 is 10.1 Å². The highest BCUT2D eigenvalue weighted by Crippen LogP contribution is 2.24. The van der Waals surface area contributed by atoms with Gasteiger partial charge in [0, 0.05) is 12.7 Å². The lowest BCUT2D eigenvalue weighted by Crippen LogP contribution is -2.17. The van der Waals surface area contributed by atoms with E-state index < -0.39 is 6.36 Å². The Balaban J connectivity index is 2.03. The number of pyridine rings is 1. The van der Waals surface area contributed by atoms with Crippen molar-refractivity contribution >= 4 is 17.3 Å². The number of hydrogen-bond acceptors (Lipinski definition) is 3. The molecule has 0 fully saturated rings. The second kappa shape index (κ2) is 6.00.